The van der Waals surface area contributed by atoms with Gasteiger partial charge in [0.25, 0.3) is 0 Å². The summed E-state index contributed by atoms with van der Waals surface area (Å²) in [6.45, 7) is 7.94. The van der Waals surface area contributed by atoms with E-state index < -0.39 is 11.9 Å². The van der Waals surface area contributed by atoms with Crippen LogP contribution in [0.15, 0.2) is 54.7 Å². The van der Waals surface area contributed by atoms with Gasteiger partial charge in [-0.15, -0.1) is 0 Å². The topological polar surface area (TPSA) is 35.6 Å². The van der Waals surface area contributed by atoms with Crippen LogP contribution >= 0.6 is 0 Å². The standard InChI is InChI=1S/C27H29F3N4/c1-5-22-16-23(6-2)34(31-22)24-13-9-11-19(4)25(24)33-17-21(26(32-33)27(28,29)30)15-14-20-12-8-7-10-18(20)3/h7-13,16-17H,5-6,14-15H2,1-4H3. The lowest BCUT2D eigenvalue weighted by Gasteiger charge is -2.15. The number of rotatable bonds is 7. The fraction of sp³-hybridized carbons (Fsp3) is 0.333. The van der Waals surface area contributed by atoms with Crippen molar-refractivity contribution < 1.29 is 13.2 Å². The summed E-state index contributed by atoms with van der Waals surface area (Å²) in [5, 5.41) is 8.78. The molecule has 0 spiro atoms. The Morgan fingerprint density at radius 1 is 0.824 bits per heavy atom. The van der Waals surface area contributed by atoms with Crippen molar-refractivity contribution in [3.8, 4) is 11.4 Å². The third kappa shape index (κ3) is 4.65. The molecule has 0 N–H and O–H groups in total. The van der Waals surface area contributed by atoms with Gasteiger partial charge in [0.1, 0.15) is 0 Å². The molecular weight excluding hydrogens is 437 g/mol. The van der Waals surface area contributed by atoms with Crippen molar-refractivity contribution in [2.45, 2.75) is 59.6 Å². The van der Waals surface area contributed by atoms with Crippen molar-refractivity contribution >= 4 is 0 Å². The first-order valence-corrected chi connectivity index (χ1v) is 11.6. The van der Waals surface area contributed by atoms with Crippen molar-refractivity contribution in [2.75, 3.05) is 0 Å². The molecule has 0 bridgehead atoms. The first kappa shape index (κ1) is 23.8. The van der Waals surface area contributed by atoms with Crippen LogP contribution in [0.1, 0.15) is 53.2 Å². The lowest BCUT2D eigenvalue weighted by molar-refractivity contribution is -0.141. The molecule has 0 saturated carbocycles. The highest BCUT2D eigenvalue weighted by molar-refractivity contribution is 5.57. The highest BCUT2D eigenvalue weighted by Crippen LogP contribution is 2.34. The SMILES string of the molecule is CCc1cc(CC)n(-c2cccc(C)c2-n2cc(CCc3ccccc3C)c(C(F)(F)F)n2)n1. The third-order valence-corrected chi connectivity index (χ3v) is 6.22. The second kappa shape index (κ2) is 9.49. The largest absolute Gasteiger partial charge is 0.435 e. The average molecular weight is 467 g/mol. The predicted octanol–water partition coefficient (Wildman–Crippen LogP) is 6.60. The second-order valence-corrected chi connectivity index (χ2v) is 8.56. The summed E-state index contributed by atoms with van der Waals surface area (Å²) < 4.78 is 45.2. The molecular formula is C27H29F3N4. The van der Waals surface area contributed by atoms with Gasteiger partial charge in [0.05, 0.1) is 17.1 Å². The van der Waals surface area contributed by atoms with Crippen LogP contribution in [0.4, 0.5) is 13.2 Å². The van der Waals surface area contributed by atoms with Crippen molar-refractivity contribution in [2.24, 2.45) is 0 Å². The maximum Gasteiger partial charge on any atom is 0.435 e. The highest BCUT2D eigenvalue weighted by Gasteiger charge is 2.37. The Labute approximate surface area is 198 Å². The minimum atomic E-state index is -4.54. The van der Waals surface area contributed by atoms with Crippen molar-refractivity contribution in [3.05, 3.63) is 94.1 Å². The first-order chi connectivity index (χ1) is 16.2. The Morgan fingerprint density at radius 3 is 2.21 bits per heavy atom. The summed E-state index contributed by atoms with van der Waals surface area (Å²) in [6.07, 6.45) is -0.698. The molecule has 4 rings (SSSR count). The van der Waals surface area contributed by atoms with Crippen LogP contribution in [0.5, 0.6) is 0 Å². The zero-order valence-corrected chi connectivity index (χ0v) is 19.9. The fourth-order valence-electron chi connectivity index (χ4n) is 4.33. The van der Waals surface area contributed by atoms with E-state index in [2.05, 4.69) is 5.10 Å². The zero-order valence-electron chi connectivity index (χ0n) is 19.9. The van der Waals surface area contributed by atoms with Crippen LogP contribution in [0.2, 0.25) is 0 Å². The van der Waals surface area contributed by atoms with E-state index in [1.165, 1.54) is 10.9 Å². The molecule has 2 heterocycles. The molecule has 0 aliphatic rings. The first-order valence-electron chi connectivity index (χ1n) is 11.6. The van der Waals surface area contributed by atoms with E-state index in [0.717, 1.165) is 46.6 Å². The van der Waals surface area contributed by atoms with Crippen LogP contribution < -0.4 is 0 Å². The molecule has 2 aromatic heterocycles. The normalized spacial score (nSPS) is 11.9. The van der Waals surface area contributed by atoms with Gasteiger partial charge in [-0.25, -0.2) is 9.36 Å². The minimum Gasteiger partial charge on any atom is -0.238 e. The van der Waals surface area contributed by atoms with E-state index in [0.29, 0.717) is 12.1 Å². The van der Waals surface area contributed by atoms with Gasteiger partial charge in [-0.05, 0) is 68.4 Å². The summed E-state index contributed by atoms with van der Waals surface area (Å²) >= 11 is 0. The number of aryl methyl sites for hydroxylation is 6. The van der Waals surface area contributed by atoms with E-state index >= 15 is 0 Å². The Kier molecular flexibility index (Phi) is 6.64. The highest BCUT2D eigenvalue weighted by atomic mass is 19.4. The van der Waals surface area contributed by atoms with Gasteiger partial charge in [0.2, 0.25) is 0 Å². The van der Waals surface area contributed by atoms with Crippen molar-refractivity contribution in [3.63, 3.8) is 0 Å². The lowest BCUT2D eigenvalue weighted by Crippen LogP contribution is -2.12. The summed E-state index contributed by atoms with van der Waals surface area (Å²) in [5.74, 6) is 0. The summed E-state index contributed by atoms with van der Waals surface area (Å²) in [4.78, 5) is 0. The molecule has 0 atom stereocenters. The second-order valence-electron chi connectivity index (χ2n) is 8.56. The van der Waals surface area contributed by atoms with Crippen LogP contribution in [0, 0.1) is 13.8 Å². The van der Waals surface area contributed by atoms with E-state index in [9.17, 15) is 13.2 Å². The van der Waals surface area contributed by atoms with Gasteiger partial charge >= 0.3 is 6.18 Å². The van der Waals surface area contributed by atoms with Gasteiger partial charge in [-0.2, -0.15) is 23.4 Å². The third-order valence-electron chi connectivity index (χ3n) is 6.22. The van der Waals surface area contributed by atoms with Gasteiger partial charge in [0.15, 0.2) is 5.69 Å². The minimum absolute atomic E-state index is 0.190. The molecule has 0 amide bonds. The van der Waals surface area contributed by atoms with E-state index in [4.69, 9.17) is 5.10 Å². The van der Waals surface area contributed by atoms with Gasteiger partial charge < -0.3 is 0 Å². The van der Waals surface area contributed by atoms with E-state index in [-0.39, 0.29) is 12.0 Å². The maximum atomic E-state index is 14.0. The number of alkyl halides is 3. The van der Waals surface area contributed by atoms with Crippen LogP contribution in [0.3, 0.4) is 0 Å². The quantitative estimate of drug-likeness (QED) is 0.307. The van der Waals surface area contributed by atoms with Crippen molar-refractivity contribution in [1.29, 1.82) is 0 Å². The monoisotopic (exact) mass is 466 g/mol. The zero-order chi connectivity index (χ0) is 24.5. The van der Waals surface area contributed by atoms with Gasteiger partial charge in [-0.1, -0.05) is 50.2 Å². The number of para-hydroxylation sites is 1. The number of hydrogen-bond acceptors (Lipinski definition) is 2. The van der Waals surface area contributed by atoms with E-state index in [1.807, 2.05) is 80.9 Å². The molecule has 0 aliphatic carbocycles. The fourth-order valence-corrected chi connectivity index (χ4v) is 4.33. The van der Waals surface area contributed by atoms with Crippen molar-refractivity contribution in [1.82, 2.24) is 19.6 Å². The molecule has 4 nitrogen and oxygen atoms in total. The smallest absolute Gasteiger partial charge is 0.238 e. The molecule has 0 aliphatic heterocycles. The molecule has 34 heavy (non-hydrogen) atoms. The maximum absolute atomic E-state index is 14.0. The molecule has 178 valence electrons. The molecule has 2 aromatic carbocycles. The Balaban J connectivity index is 1.81. The number of nitrogens with zero attached hydrogens (tertiary/aromatic N) is 4. The molecule has 0 radical (unpaired) electrons. The van der Waals surface area contributed by atoms with E-state index in [1.54, 1.807) is 0 Å². The number of hydrogen-bond donors (Lipinski definition) is 0. The Bertz CT molecular complexity index is 1300. The molecule has 7 heteroatoms. The van der Waals surface area contributed by atoms with Gasteiger partial charge in [-0.3, -0.25) is 0 Å². The summed E-state index contributed by atoms with van der Waals surface area (Å²) in [5.41, 5.74) is 5.57. The average Bonchev–Trinajstić information content (AvgIpc) is 3.42. The summed E-state index contributed by atoms with van der Waals surface area (Å²) in [7, 11) is 0. The number of aromatic nitrogens is 4. The molecule has 0 unspecified atom stereocenters. The molecule has 0 fully saturated rings. The Morgan fingerprint density at radius 2 is 1.53 bits per heavy atom. The molecule has 4 aromatic rings. The lowest BCUT2D eigenvalue weighted by atomic mass is 10.0. The molecule has 0 saturated heterocycles. The van der Waals surface area contributed by atoms with Crippen LogP contribution in [-0.2, 0) is 31.9 Å². The summed E-state index contributed by atoms with van der Waals surface area (Å²) in [6, 6.07) is 15.5. The van der Waals surface area contributed by atoms with Crippen LogP contribution in [0.25, 0.3) is 11.4 Å². The van der Waals surface area contributed by atoms with Gasteiger partial charge in [0, 0.05) is 17.5 Å². The Hall–Kier alpha value is -3.35. The van der Waals surface area contributed by atoms with Crippen LogP contribution in [-0.4, -0.2) is 19.6 Å². The number of benzene rings is 2. The number of halogens is 3. The predicted molar refractivity (Wildman–Crippen MR) is 128 cm³/mol.